The summed E-state index contributed by atoms with van der Waals surface area (Å²) in [6.45, 7) is 4.00. The van der Waals surface area contributed by atoms with Gasteiger partial charge in [-0.3, -0.25) is 9.59 Å². The van der Waals surface area contributed by atoms with E-state index in [-0.39, 0.29) is 23.2 Å². The minimum absolute atomic E-state index is 0.0301. The van der Waals surface area contributed by atoms with Gasteiger partial charge in [0, 0.05) is 5.69 Å². The van der Waals surface area contributed by atoms with E-state index >= 15 is 0 Å². The largest absolute Gasteiger partial charge is 0.467 e. The lowest BCUT2D eigenvalue weighted by molar-refractivity contribution is 0.0949. The molecule has 0 aliphatic rings. The van der Waals surface area contributed by atoms with Crippen molar-refractivity contribution >= 4 is 29.1 Å². The Labute approximate surface area is 189 Å². The van der Waals surface area contributed by atoms with Crippen molar-refractivity contribution in [2.75, 3.05) is 5.32 Å². The zero-order chi connectivity index (χ0) is 22.7. The van der Waals surface area contributed by atoms with Crippen molar-refractivity contribution in [1.82, 2.24) is 20.1 Å². The molecule has 0 bridgehead atoms. The second-order valence-corrected chi connectivity index (χ2v) is 7.51. The van der Waals surface area contributed by atoms with Gasteiger partial charge in [-0.05, 0) is 56.3 Å². The molecule has 0 aliphatic heterocycles. The third-order valence-electron chi connectivity index (χ3n) is 4.70. The SMILES string of the molecule is Cc1cc(C)n(-c2ccc(Cl)c(C(=O)Nc3ccccc3C(=O)NCc3ccco3)n2)n1. The maximum Gasteiger partial charge on any atom is 0.275 e. The lowest BCUT2D eigenvalue weighted by Crippen LogP contribution is -2.25. The van der Waals surface area contributed by atoms with Gasteiger partial charge in [0.05, 0.1) is 34.8 Å². The number of rotatable bonds is 6. The number of para-hydroxylation sites is 1. The van der Waals surface area contributed by atoms with Gasteiger partial charge < -0.3 is 15.1 Å². The third kappa shape index (κ3) is 4.55. The Kier molecular flexibility index (Phi) is 6.04. The first-order valence-electron chi connectivity index (χ1n) is 9.83. The standard InChI is InChI=1S/C23H20ClN5O3/c1-14-12-15(2)29(28-14)20-10-9-18(24)21(27-20)23(31)26-19-8-4-3-7-17(19)22(30)25-13-16-6-5-11-32-16/h3-12H,13H2,1-2H3,(H,25,30)(H,26,31). The van der Waals surface area contributed by atoms with Gasteiger partial charge in [-0.15, -0.1) is 0 Å². The number of carbonyl (C=O) groups is 2. The zero-order valence-electron chi connectivity index (χ0n) is 17.4. The molecular formula is C23H20ClN5O3. The van der Waals surface area contributed by atoms with Gasteiger partial charge in [0.15, 0.2) is 5.82 Å². The Balaban J connectivity index is 1.56. The highest BCUT2D eigenvalue weighted by Crippen LogP contribution is 2.21. The van der Waals surface area contributed by atoms with E-state index in [1.54, 1.807) is 53.2 Å². The van der Waals surface area contributed by atoms with Crippen LogP contribution in [0.2, 0.25) is 5.02 Å². The van der Waals surface area contributed by atoms with Gasteiger partial charge in [0.1, 0.15) is 11.5 Å². The van der Waals surface area contributed by atoms with Crippen LogP contribution >= 0.6 is 11.6 Å². The van der Waals surface area contributed by atoms with Gasteiger partial charge in [-0.1, -0.05) is 23.7 Å². The molecule has 2 amide bonds. The number of halogens is 1. The maximum atomic E-state index is 13.0. The van der Waals surface area contributed by atoms with Crippen molar-refractivity contribution in [3.8, 4) is 5.82 Å². The highest BCUT2D eigenvalue weighted by atomic mass is 35.5. The number of nitrogens with zero attached hydrogens (tertiary/aromatic N) is 3. The highest BCUT2D eigenvalue weighted by Gasteiger charge is 2.18. The average Bonchev–Trinajstić information content (AvgIpc) is 3.42. The van der Waals surface area contributed by atoms with Crippen LogP contribution in [-0.4, -0.2) is 26.6 Å². The van der Waals surface area contributed by atoms with Crippen LogP contribution in [0.3, 0.4) is 0 Å². The summed E-state index contributed by atoms with van der Waals surface area (Å²) >= 11 is 6.26. The Morgan fingerprint density at radius 1 is 1.06 bits per heavy atom. The van der Waals surface area contributed by atoms with E-state index in [0.29, 0.717) is 22.8 Å². The fourth-order valence-corrected chi connectivity index (χ4v) is 3.41. The summed E-state index contributed by atoms with van der Waals surface area (Å²) in [5, 5.41) is 10.1. The minimum atomic E-state index is -0.537. The Hall–Kier alpha value is -3.91. The van der Waals surface area contributed by atoms with Gasteiger partial charge in [-0.2, -0.15) is 5.10 Å². The number of hydrogen-bond acceptors (Lipinski definition) is 5. The molecule has 0 aliphatic carbocycles. The normalized spacial score (nSPS) is 10.7. The molecule has 1 aromatic carbocycles. The van der Waals surface area contributed by atoms with Crippen LogP contribution in [0.25, 0.3) is 5.82 Å². The summed E-state index contributed by atoms with van der Waals surface area (Å²) in [7, 11) is 0. The van der Waals surface area contributed by atoms with Crippen LogP contribution in [0.5, 0.6) is 0 Å². The quantitative estimate of drug-likeness (QED) is 0.456. The number of anilines is 1. The summed E-state index contributed by atoms with van der Waals surface area (Å²) in [6, 6.07) is 15.4. The molecule has 0 saturated carbocycles. The van der Waals surface area contributed by atoms with Crippen molar-refractivity contribution < 1.29 is 14.0 Å². The molecule has 0 unspecified atom stereocenters. The first-order valence-corrected chi connectivity index (χ1v) is 10.2. The molecule has 3 heterocycles. The van der Waals surface area contributed by atoms with Crippen molar-refractivity contribution in [3.05, 3.63) is 94.3 Å². The molecule has 0 saturated heterocycles. The van der Waals surface area contributed by atoms with Gasteiger partial charge in [0.25, 0.3) is 11.8 Å². The lowest BCUT2D eigenvalue weighted by atomic mass is 10.1. The number of amides is 2. The Bertz CT molecular complexity index is 1280. The molecule has 0 atom stereocenters. The van der Waals surface area contributed by atoms with E-state index in [2.05, 4.69) is 20.7 Å². The molecular weight excluding hydrogens is 430 g/mol. The molecule has 32 heavy (non-hydrogen) atoms. The second-order valence-electron chi connectivity index (χ2n) is 7.10. The van der Waals surface area contributed by atoms with Crippen molar-refractivity contribution in [2.45, 2.75) is 20.4 Å². The monoisotopic (exact) mass is 449 g/mol. The van der Waals surface area contributed by atoms with E-state index in [9.17, 15) is 9.59 Å². The molecule has 0 radical (unpaired) electrons. The van der Waals surface area contributed by atoms with E-state index in [0.717, 1.165) is 11.4 Å². The summed E-state index contributed by atoms with van der Waals surface area (Å²) in [5.41, 5.74) is 2.38. The van der Waals surface area contributed by atoms with Gasteiger partial charge >= 0.3 is 0 Å². The number of aryl methyl sites for hydroxylation is 2. The summed E-state index contributed by atoms with van der Waals surface area (Å²) in [5.74, 6) is 0.198. The van der Waals surface area contributed by atoms with Crippen molar-refractivity contribution in [2.24, 2.45) is 0 Å². The zero-order valence-corrected chi connectivity index (χ0v) is 18.2. The molecule has 9 heteroatoms. The van der Waals surface area contributed by atoms with Crippen LogP contribution in [0.1, 0.15) is 38.0 Å². The molecule has 0 spiro atoms. The van der Waals surface area contributed by atoms with E-state index in [4.69, 9.17) is 16.0 Å². The maximum absolute atomic E-state index is 13.0. The molecule has 8 nitrogen and oxygen atoms in total. The Morgan fingerprint density at radius 3 is 2.59 bits per heavy atom. The predicted molar refractivity (Wildman–Crippen MR) is 120 cm³/mol. The van der Waals surface area contributed by atoms with E-state index < -0.39 is 5.91 Å². The van der Waals surface area contributed by atoms with Gasteiger partial charge in [-0.25, -0.2) is 9.67 Å². The second kappa shape index (κ2) is 9.07. The average molecular weight is 450 g/mol. The van der Waals surface area contributed by atoms with Crippen LogP contribution in [-0.2, 0) is 6.54 Å². The van der Waals surface area contributed by atoms with Crippen LogP contribution in [0, 0.1) is 13.8 Å². The van der Waals surface area contributed by atoms with Gasteiger partial charge in [0.2, 0.25) is 0 Å². The topological polar surface area (TPSA) is 102 Å². The lowest BCUT2D eigenvalue weighted by Gasteiger charge is -2.12. The summed E-state index contributed by atoms with van der Waals surface area (Å²) in [6.07, 6.45) is 1.53. The number of aromatic nitrogens is 3. The highest BCUT2D eigenvalue weighted by molar-refractivity contribution is 6.34. The first-order chi connectivity index (χ1) is 15.4. The van der Waals surface area contributed by atoms with Crippen molar-refractivity contribution in [3.63, 3.8) is 0 Å². The first kappa shape index (κ1) is 21.3. The fourth-order valence-electron chi connectivity index (χ4n) is 3.22. The summed E-state index contributed by atoms with van der Waals surface area (Å²) < 4.78 is 6.87. The number of hydrogen-bond donors (Lipinski definition) is 2. The molecule has 2 N–H and O–H groups in total. The van der Waals surface area contributed by atoms with Crippen molar-refractivity contribution in [1.29, 1.82) is 0 Å². The number of benzene rings is 1. The minimum Gasteiger partial charge on any atom is -0.467 e. The summed E-state index contributed by atoms with van der Waals surface area (Å²) in [4.78, 5) is 30.1. The number of carbonyl (C=O) groups excluding carboxylic acids is 2. The van der Waals surface area contributed by atoms with Crippen LogP contribution in [0.4, 0.5) is 5.69 Å². The third-order valence-corrected chi connectivity index (χ3v) is 5.00. The Morgan fingerprint density at radius 2 is 1.88 bits per heavy atom. The van der Waals surface area contributed by atoms with Crippen LogP contribution < -0.4 is 10.6 Å². The number of nitrogens with one attached hydrogen (secondary N) is 2. The smallest absolute Gasteiger partial charge is 0.275 e. The fraction of sp³-hybridized carbons (Fsp3) is 0.130. The molecule has 162 valence electrons. The molecule has 0 fully saturated rings. The number of furan rings is 1. The number of pyridine rings is 1. The van der Waals surface area contributed by atoms with E-state index in [1.807, 2.05) is 19.9 Å². The molecule has 4 aromatic rings. The predicted octanol–water partition coefficient (Wildman–Crippen LogP) is 4.31. The van der Waals surface area contributed by atoms with Crippen LogP contribution in [0.15, 0.2) is 65.3 Å². The van der Waals surface area contributed by atoms with E-state index in [1.165, 1.54) is 6.26 Å². The molecule has 3 aromatic heterocycles. The molecule has 4 rings (SSSR count).